The Morgan fingerprint density at radius 3 is 0.538 bits per heavy atom. The van der Waals surface area contributed by atoms with Crippen LogP contribution in [0.5, 0.6) is 0 Å². The Morgan fingerprint density at radius 1 is 0.538 bits per heavy atom. The van der Waals surface area contributed by atoms with Crippen molar-refractivity contribution in [2.45, 2.75) is 0 Å². The molecule has 0 saturated heterocycles. The number of hydrogen-bond acceptors (Lipinski definition) is 8. The van der Waals surface area contributed by atoms with Gasteiger partial charge in [0.05, 0.1) is 34.7 Å². The molecule has 0 aliphatic rings. The van der Waals surface area contributed by atoms with Crippen LogP contribution in [-0.4, -0.2) is 0 Å². The predicted molar refractivity (Wildman–Crippen MR) is 30.4 cm³/mol. The van der Waals surface area contributed by atoms with Crippen LogP contribution in [-0.2, 0) is 39.3 Å². The minimum Gasteiger partial charge on any atom is -0.772 e. The summed E-state index contributed by atoms with van der Waals surface area (Å²) in [6, 6.07) is 0. The van der Waals surface area contributed by atoms with Gasteiger partial charge in [-0.25, -0.2) is 0 Å². The van der Waals surface area contributed by atoms with Gasteiger partial charge in [-0.15, -0.1) is 0 Å². The van der Waals surface area contributed by atoms with E-state index in [2.05, 4.69) is 0 Å². The molecule has 0 fully saturated rings. The van der Waals surface area contributed by atoms with E-state index < -0.39 is 34.7 Å². The molecule has 0 atom stereocenters. The van der Waals surface area contributed by atoms with Crippen molar-refractivity contribution in [1.29, 1.82) is 0 Å². The first-order chi connectivity index (χ1) is 5.66. The van der Waals surface area contributed by atoms with Gasteiger partial charge in [-0.1, -0.05) is 0 Å². The standard InChI is InChI=1S/Mo.4HO2P/c;4*1-3-2/h;4*(H,1,2)/q+4;;;;/p-4. The minimum absolute atomic E-state index is 0. The second-order valence-electron chi connectivity index (χ2n) is 0.298. The SMILES string of the molecule is O=P[O-].O=P[O-].O=P[O-].O=P[O-].[Mo+4]. The van der Waals surface area contributed by atoms with Gasteiger partial charge in [0, 0.05) is 0 Å². The van der Waals surface area contributed by atoms with E-state index in [9.17, 15) is 0 Å². The van der Waals surface area contributed by atoms with Gasteiger partial charge in [-0.05, 0) is 0 Å². The van der Waals surface area contributed by atoms with E-state index in [4.69, 9.17) is 37.8 Å². The Morgan fingerprint density at radius 2 is 0.538 bits per heavy atom. The molecule has 0 spiro atoms. The van der Waals surface area contributed by atoms with Crippen molar-refractivity contribution in [1.82, 2.24) is 0 Å². The van der Waals surface area contributed by atoms with Crippen molar-refractivity contribution in [3.8, 4) is 0 Å². The smallest absolute Gasteiger partial charge is 0.772 e. The maximum Gasteiger partial charge on any atom is 4.00 e. The summed E-state index contributed by atoms with van der Waals surface area (Å²) in [6.45, 7) is 0. The summed E-state index contributed by atoms with van der Waals surface area (Å²) < 4.78 is 33.4. The van der Waals surface area contributed by atoms with Crippen LogP contribution in [0.2, 0.25) is 0 Å². The van der Waals surface area contributed by atoms with Crippen molar-refractivity contribution >= 4 is 34.7 Å². The van der Waals surface area contributed by atoms with E-state index >= 15 is 0 Å². The normalized spacial score (nSPS) is 6.46. The average Bonchev–Trinajstić information content (AvgIpc) is 1.92. The molecule has 0 saturated carbocycles. The molecule has 0 aromatic rings. The summed E-state index contributed by atoms with van der Waals surface area (Å²) in [5.74, 6) is 0. The number of rotatable bonds is 0. The second kappa shape index (κ2) is 75.7. The third kappa shape index (κ3) is 1790. The van der Waals surface area contributed by atoms with Gasteiger partial charge in [0.2, 0.25) is 0 Å². The van der Waals surface area contributed by atoms with Crippen LogP contribution in [0.15, 0.2) is 0 Å². The molecule has 0 aliphatic heterocycles. The van der Waals surface area contributed by atoms with E-state index in [1.807, 2.05) is 0 Å². The molecule has 0 unspecified atom stereocenters. The van der Waals surface area contributed by atoms with Crippen molar-refractivity contribution in [3.05, 3.63) is 0 Å². The van der Waals surface area contributed by atoms with Crippen molar-refractivity contribution in [3.63, 3.8) is 0 Å². The van der Waals surface area contributed by atoms with Crippen molar-refractivity contribution in [2.24, 2.45) is 0 Å². The van der Waals surface area contributed by atoms with Crippen molar-refractivity contribution < 1.29 is 58.9 Å². The maximum atomic E-state index is 8.35. The molecule has 0 rings (SSSR count). The quantitative estimate of drug-likeness (QED) is 0.366. The Labute approximate surface area is 93.8 Å². The molecule has 0 aliphatic carbocycles. The molecule has 0 radical (unpaired) electrons. The van der Waals surface area contributed by atoms with Crippen LogP contribution in [0, 0.1) is 0 Å². The zero-order valence-electron chi connectivity index (χ0n) is 5.46. The first kappa shape index (κ1) is 29.2. The molecular formula is MoO8P4. The van der Waals surface area contributed by atoms with Gasteiger partial charge >= 0.3 is 21.1 Å². The van der Waals surface area contributed by atoms with Crippen LogP contribution < -0.4 is 19.6 Å². The zero-order chi connectivity index (χ0) is 10.8. The zero-order valence-corrected chi connectivity index (χ0v) is 11.0. The minimum atomic E-state index is -1.08. The van der Waals surface area contributed by atoms with Crippen LogP contribution in [0.25, 0.3) is 0 Å². The molecular weight excluding hydrogens is 348 g/mol. The van der Waals surface area contributed by atoms with Gasteiger partial charge in [-0.3, -0.25) is 18.3 Å². The van der Waals surface area contributed by atoms with E-state index in [1.165, 1.54) is 0 Å². The van der Waals surface area contributed by atoms with Gasteiger partial charge < -0.3 is 19.6 Å². The predicted octanol–water partition coefficient (Wildman–Crippen LogP) is -1.79. The van der Waals surface area contributed by atoms with Crippen LogP contribution in [0.1, 0.15) is 0 Å². The summed E-state index contributed by atoms with van der Waals surface area (Å²) in [5, 5.41) is 0. The molecule has 0 aromatic carbocycles. The molecule has 0 N–H and O–H groups in total. The van der Waals surface area contributed by atoms with Gasteiger partial charge in [-0.2, -0.15) is 0 Å². The van der Waals surface area contributed by atoms with Gasteiger partial charge in [0.1, 0.15) is 0 Å². The van der Waals surface area contributed by atoms with E-state index in [0.717, 1.165) is 0 Å². The molecule has 13 heavy (non-hydrogen) atoms. The topological polar surface area (TPSA) is 161 Å². The van der Waals surface area contributed by atoms with Gasteiger partial charge in [0.15, 0.2) is 0 Å². The first-order valence-corrected chi connectivity index (χ1v) is 4.38. The first-order valence-electron chi connectivity index (χ1n) is 1.46. The van der Waals surface area contributed by atoms with Crippen LogP contribution >= 0.6 is 34.7 Å². The third-order valence-electron chi connectivity index (χ3n) is 0. The van der Waals surface area contributed by atoms with Crippen molar-refractivity contribution in [2.75, 3.05) is 0 Å². The van der Waals surface area contributed by atoms with Crippen LogP contribution in [0.4, 0.5) is 0 Å². The molecule has 0 aromatic heterocycles. The Kier molecular flexibility index (Phi) is 170. The third-order valence-corrected chi connectivity index (χ3v) is 0. The summed E-state index contributed by atoms with van der Waals surface area (Å²) in [4.78, 5) is 33.4. The molecule has 0 heterocycles. The molecule has 8 nitrogen and oxygen atoms in total. The Balaban J connectivity index is -0.0000000213. The fourth-order valence-electron chi connectivity index (χ4n) is 0. The molecule has 0 amide bonds. The monoisotopic (exact) mass is 350 g/mol. The van der Waals surface area contributed by atoms with Crippen LogP contribution in [0.3, 0.4) is 0 Å². The molecule has 13 heteroatoms. The van der Waals surface area contributed by atoms with E-state index in [0.29, 0.717) is 0 Å². The van der Waals surface area contributed by atoms with E-state index in [1.54, 1.807) is 0 Å². The van der Waals surface area contributed by atoms with E-state index in [-0.39, 0.29) is 21.1 Å². The summed E-state index contributed by atoms with van der Waals surface area (Å²) in [6.07, 6.45) is 0. The molecule has 74 valence electrons. The van der Waals surface area contributed by atoms with Gasteiger partial charge in [0.25, 0.3) is 0 Å². The second-order valence-corrected chi connectivity index (χ2v) is 0.894. The summed E-state index contributed by atoms with van der Waals surface area (Å²) in [7, 11) is -4.33. The Hall–Kier alpha value is 0.928. The fraction of sp³-hybridized carbons (Fsp3) is 0. The fourth-order valence-corrected chi connectivity index (χ4v) is 0. The average molecular weight is 348 g/mol. The molecule has 0 bridgehead atoms. The maximum absolute atomic E-state index is 8.35. The number of hydrogen-bond donors (Lipinski definition) is 0. The summed E-state index contributed by atoms with van der Waals surface area (Å²) in [5.41, 5.74) is 0. The Bertz CT molecular complexity index is 70.1. The largest absolute Gasteiger partial charge is 4.00 e. The summed E-state index contributed by atoms with van der Waals surface area (Å²) >= 11 is 0.